The summed E-state index contributed by atoms with van der Waals surface area (Å²) in [5.74, 6) is 0.357. The second-order valence-electron chi connectivity index (χ2n) is 13.8. The molecule has 3 aliphatic carbocycles. The van der Waals surface area contributed by atoms with Crippen molar-refractivity contribution in [1.82, 2.24) is 15.6 Å². The molecule has 2 aromatic carbocycles. The first-order valence-corrected chi connectivity index (χ1v) is 15.4. The van der Waals surface area contributed by atoms with Crippen molar-refractivity contribution < 1.29 is 42.1 Å². The SMILES string of the molecule is CC(C)(C)OC(=O)NC1(c2cc(C(=O)N[C@@]34C[C@H]3[C@H]4c3cc(Oc4ccnc5c4CCC(=O)N5)ccc3O)cc(C(F)(F)F)c2)CC1. The number of hydrogen-bond donors (Lipinski definition) is 4. The molecule has 3 aromatic rings. The highest BCUT2D eigenvalue weighted by molar-refractivity contribution is 5.96. The molecule has 0 spiro atoms. The zero-order valence-electron chi connectivity index (χ0n) is 25.9. The number of pyridine rings is 1. The van der Waals surface area contributed by atoms with E-state index in [4.69, 9.17) is 9.47 Å². The van der Waals surface area contributed by atoms with Gasteiger partial charge in [-0.2, -0.15) is 13.2 Å². The zero-order chi connectivity index (χ0) is 33.5. The maximum atomic E-state index is 14.0. The Labute approximate surface area is 268 Å². The fraction of sp³-hybridized carbons (Fsp3) is 0.412. The highest BCUT2D eigenvalue weighted by atomic mass is 19.4. The number of nitrogens with zero attached hydrogens (tertiary/aromatic N) is 1. The summed E-state index contributed by atoms with van der Waals surface area (Å²) in [4.78, 5) is 42.0. The maximum absolute atomic E-state index is 14.0. The zero-order valence-corrected chi connectivity index (χ0v) is 25.9. The molecule has 3 atom stereocenters. The normalized spacial score (nSPS) is 23.4. The Balaban J connectivity index is 1.10. The summed E-state index contributed by atoms with van der Waals surface area (Å²) >= 11 is 0. The largest absolute Gasteiger partial charge is 0.508 e. The smallest absolute Gasteiger partial charge is 0.416 e. The molecule has 3 fully saturated rings. The lowest BCUT2D eigenvalue weighted by Gasteiger charge is -2.24. The second kappa shape index (κ2) is 10.3. The molecule has 47 heavy (non-hydrogen) atoms. The lowest BCUT2D eigenvalue weighted by Crippen LogP contribution is -2.39. The molecule has 0 unspecified atom stereocenters. The van der Waals surface area contributed by atoms with Crippen LogP contribution in [0.5, 0.6) is 17.2 Å². The molecular weight excluding hydrogens is 617 g/mol. The molecule has 246 valence electrons. The van der Waals surface area contributed by atoms with Gasteiger partial charge >= 0.3 is 12.3 Å². The summed E-state index contributed by atoms with van der Waals surface area (Å²) in [5, 5.41) is 19.1. The lowest BCUT2D eigenvalue weighted by atomic mass is 9.97. The monoisotopic (exact) mass is 650 g/mol. The number of aromatic nitrogens is 1. The number of fused-ring (bicyclic) bond motifs is 2. The maximum Gasteiger partial charge on any atom is 0.416 e. The number of hydrogen-bond acceptors (Lipinski definition) is 7. The van der Waals surface area contributed by atoms with Crippen molar-refractivity contribution >= 4 is 23.7 Å². The third-order valence-corrected chi connectivity index (χ3v) is 9.25. The first-order chi connectivity index (χ1) is 22.1. The Morgan fingerprint density at radius 1 is 1.04 bits per heavy atom. The van der Waals surface area contributed by atoms with Crippen LogP contribution in [0.3, 0.4) is 0 Å². The predicted octanol–water partition coefficient (Wildman–Crippen LogP) is 6.28. The van der Waals surface area contributed by atoms with Gasteiger partial charge in [0.25, 0.3) is 5.91 Å². The fourth-order valence-electron chi connectivity index (χ4n) is 6.54. The number of benzene rings is 2. The Hall–Kier alpha value is -4.81. The minimum Gasteiger partial charge on any atom is -0.508 e. The van der Waals surface area contributed by atoms with Gasteiger partial charge in [0.05, 0.1) is 16.6 Å². The number of ether oxygens (including phenoxy) is 2. The highest BCUT2D eigenvalue weighted by Gasteiger charge is 2.80. The van der Waals surface area contributed by atoms with Crippen LogP contribution in [-0.4, -0.2) is 39.1 Å². The van der Waals surface area contributed by atoms with Gasteiger partial charge in [-0.05, 0) is 100 Å². The Kier molecular flexibility index (Phi) is 6.79. The quantitative estimate of drug-likeness (QED) is 0.236. The molecule has 1 aromatic heterocycles. The van der Waals surface area contributed by atoms with Crippen LogP contribution in [0.1, 0.15) is 85.0 Å². The average molecular weight is 651 g/mol. The molecule has 3 saturated carbocycles. The van der Waals surface area contributed by atoms with E-state index in [2.05, 4.69) is 20.9 Å². The van der Waals surface area contributed by atoms with E-state index in [0.29, 0.717) is 55.0 Å². The van der Waals surface area contributed by atoms with Gasteiger partial charge in [0.15, 0.2) is 0 Å². The van der Waals surface area contributed by atoms with Gasteiger partial charge in [-0.15, -0.1) is 0 Å². The number of phenols is 1. The molecule has 0 bridgehead atoms. The number of anilines is 1. The summed E-state index contributed by atoms with van der Waals surface area (Å²) in [5.41, 5.74) is -2.23. The first-order valence-electron chi connectivity index (χ1n) is 15.4. The van der Waals surface area contributed by atoms with E-state index in [9.17, 15) is 32.7 Å². The average Bonchev–Trinajstić information content (AvgIpc) is 3.92. The van der Waals surface area contributed by atoms with E-state index in [1.165, 1.54) is 18.3 Å². The van der Waals surface area contributed by atoms with Crippen molar-refractivity contribution in [3.8, 4) is 17.2 Å². The van der Waals surface area contributed by atoms with Gasteiger partial charge in [0, 0.05) is 35.2 Å². The molecular formula is C34H33F3N4O6. The van der Waals surface area contributed by atoms with Gasteiger partial charge in [-0.3, -0.25) is 9.59 Å². The van der Waals surface area contributed by atoms with Crippen molar-refractivity contribution in [3.05, 3.63) is 76.5 Å². The van der Waals surface area contributed by atoms with E-state index in [0.717, 1.165) is 17.7 Å². The number of nitrogens with one attached hydrogen (secondary N) is 3. The number of rotatable bonds is 7. The van der Waals surface area contributed by atoms with Crippen molar-refractivity contribution in [2.75, 3.05) is 5.32 Å². The summed E-state index contributed by atoms with van der Waals surface area (Å²) in [6.07, 6.45) is -1.77. The summed E-state index contributed by atoms with van der Waals surface area (Å²) < 4.78 is 53.4. The standard InChI is InChI=1S/C34H33F3N4O6/c1-31(2,3)47-30(45)41-32(9-10-32)18-12-17(13-19(14-18)34(35,36)37)29(44)40-33-16-23(33)27(33)22-15-20(4-6-24(22)42)46-25-8-11-38-28-21(25)5-7-26(43)39-28/h4,6,8,11-15,23,27,42H,5,7,9-10,16H2,1-3H3,(H,40,44)(H,41,45)(H,38,39,43)/t23-,27+,33-/m0/s1. The highest BCUT2D eigenvalue weighted by Crippen LogP contribution is 2.77. The molecule has 2 heterocycles. The van der Waals surface area contributed by atoms with Crippen LogP contribution in [0.15, 0.2) is 48.7 Å². The number of alkyl carbamates (subject to hydrolysis) is 1. The topological polar surface area (TPSA) is 139 Å². The number of alkyl halides is 3. The van der Waals surface area contributed by atoms with Gasteiger partial charge in [0.2, 0.25) is 5.91 Å². The van der Waals surface area contributed by atoms with E-state index in [-0.39, 0.29) is 34.6 Å². The Morgan fingerprint density at radius 2 is 1.81 bits per heavy atom. The number of halogens is 3. The third kappa shape index (κ3) is 5.83. The Bertz CT molecular complexity index is 1830. The van der Waals surface area contributed by atoms with Crippen molar-refractivity contribution in [2.24, 2.45) is 5.92 Å². The minimum atomic E-state index is -4.72. The summed E-state index contributed by atoms with van der Waals surface area (Å²) in [6, 6.07) is 9.67. The third-order valence-electron chi connectivity index (χ3n) is 9.25. The van der Waals surface area contributed by atoms with Crippen LogP contribution in [0.4, 0.5) is 23.8 Å². The van der Waals surface area contributed by atoms with Gasteiger partial charge in [-0.25, -0.2) is 9.78 Å². The molecule has 13 heteroatoms. The van der Waals surface area contributed by atoms with Crippen LogP contribution < -0.4 is 20.7 Å². The number of phenolic OH excluding ortho intramolecular Hbond substituents is 1. The minimum absolute atomic E-state index is 0.00498. The van der Waals surface area contributed by atoms with Gasteiger partial charge in [-0.1, -0.05) is 0 Å². The molecule has 0 saturated heterocycles. The number of carbonyl (C=O) groups excluding carboxylic acids is 3. The Morgan fingerprint density at radius 3 is 2.49 bits per heavy atom. The van der Waals surface area contributed by atoms with Gasteiger partial charge < -0.3 is 30.5 Å². The lowest BCUT2D eigenvalue weighted by molar-refractivity contribution is -0.137. The van der Waals surface area contributed by atoms with E-state index >= 15 is 0 Å². The van der Waals surface area contributed by atoms with Crippen LogP contribution >= 0.6 is 0 Å². The molecule has 4 N–H and O–H groups in total. The van der Waals surface area contributed by atoms with Crippen LogP contribution in [0.25, 0.3) is 0 Å². The van der Waals surface area contributed by atoms with E-state index in [1.807, 2.05) is 0 Å². The molecule has 3 amide bonds. The first kappa shape index (κ1) is 30.8. The molecule has 10 nitrogen and oxygen atoms in total. The predicted molar refractivity (Wildman–Crippen MR) is 162 cm³/mol. The van der Waals surface area contributed by atoms with Crippen molar-refractivity contribution in [2.45, 2.75) is 81.6 Å². The van der Waals surface area contributed by atoms with Crippen LogP contribution in [-0.2, 0) is 27.7 Å². The van der Waals surface area contributed by atoms with Gasteiger partial charge in [0.1, 0.15) is 28.7 Å². The summed E-state index contributed by atoms with van der Waals surface area (Å²) in [7, 11) is 0. The van der Waals surface area contributed by atoms with Crippen molar-refractivity contribution in [3.63, 3.8) is 0 Å². The fourth-order valence-corrected chi connectivity index (χ4v) is 6.54. The molecule has 1 aliphatic heterocycles. The van der Waals surface area contributed by atoms with Crippen molar-refractivity contribution in [1.29, 1.82) is 0 Å². The van der Waals surface area contributed by atoms with E-state index < -0.39 is 40.4 Å². The number of carbonyl (C=O) groups is 3. The number of amides is 3. The summed E-state index contributed by atoms with van der Waals surface area (Å²) in [6.45, 7) is 5.06. The van der Waals surface area contributed by atoms with E-state index in [1.54, 1.807) is 39.0 Å². The number of aromatic hydroxyl groups is 1. The molecule has 0 radical (unpaired) electrons. The molecule has 7 rings (SSSR count). The second-order valence-corrected chi connectivity index (χ2v) is 13.8. The van der Waals surface area contributed by atoms with Crippen LogP contribution in [0.2, 0.25) is 0 Å². The molecule has 4 aliphatic rings. The van der Waals surface area contributed by atoms with Crippen LogP contribution in [0, 0.1) is 5.92 Å².